The molecule has 1 aromatic rings. The van der Waals surface area contributed by atoms with Gasteiger partial charge < -0.3 is 10.2 Å². The van der Waals surface area contributed by atoms with E-state index in [0.29, 0.717) is 12.1 Å². The van der Waals surface area contributed by atoms with Crippen molar-refractivity contribution < 1.29 is 0 Å². The van der Waals surface area contributed by atoms with E-state index >= 15 is 0 Å². The Kier molecular flexibility index (Phi) is 4.38. The molecule has 90 valence electrons. The molecular weight excluding hydrogens is 216 g/mol. The molecule has 2 rings (SSSR count). The van der Waals surface area contributed by atoms with Crippen molar-refractivity contribution in [3.63, 3.8) is 0 Å². The molecule has 0 saturated carbocycles. The smallest absolute Gasteiger partial charge is 0.0388 e. The van der Waals surface area contributed by atoms with Crippen LogP contribution in [-0.2, 0) is 0 Å². The van der Waals surface area contributed by atoms with Crippen molar-refractivity contribution in [2.24, 2.45) is 0 Å². The monoisotopic (exact) mass is 238 g/mol. The van der Waals surface area contributed by atoms with E-state index in [-0.39, 0.29) is 0 Å². The van der Waals surface area contributed by atoms with E-state index in [1.54, 1.807) is 0 Å². The maximum atomic E-state index is 3.77. The molecule has 1 fully saturated rings. The lowest BCUT2D eigenvalue weighted by molar-refractivity contribution is 0.340. The third kappa shape index (κ3) is 3.30. The van der Waals surface area contributed by atoms with E-state index in [2.05, 4.69) is 41.7 Å². The third-order valence-electron chi connectivity index (χ3n) is 3.41. The first-order valence-electron chi connectivity index (χ1n) is 6.23. The fourth-order valence-corrected chi connectivity index (χ4v) is 3.12. The molecule has 1 aliphatic heterocycles. The van der Waals surface area contributed by atoms with Crippen LogP contribution in [0.25, 0.3) is 0 Å². The summed E-state index contributed by atoms with van der Waals surface area (Å²) in [6, 6.07) is 5.57. The third-order valence-corrected chi connectivity index (χ3v) is 4.46. The highest BCUT2D eigenvalue weighted by Gasteiger charge is 2.17. The number of rotatable bonds is 3. The van der Waals surface area contributed by atoms with Gasteiger partial charge in [0.25, 0.3) is 0 Å². The summed E-state index contributed by atoms with van der Waals surface area (Å²) >= 11 is 1.85. The van der Waals surface area contributed by atoms with Gasteiger partial charge in [-0.05, 0) is 57.8 Å². The number of hydrogen-bond donors (Lipinski definition) is 1. The Hall–Kier alpha value is -0.380. The van der Waals surface area contributed by atoms with Crippen LogP contribution in [0.3, 0.4) is 0 Å². The maximum Gasteiger partial charge on any atom is 0.0388 e. The fourth-order valence-electron chi connectivity index (χ4n) is 2.38. The molecule has 16 heavy (non-hydrogen) atoms. The lowest BCUT2D eigenvalue weighted by Gasteiger charge is -2.21. The molecule has 1 saturated heterocycles. The van der Waals surface area contributed by atoms with E-state index in [1.807, 2.05) is 11.3 Å². The predicted molar refractivity (Wildman–Crippen MR) is 71.0 cm³/mol. The summed E-state index contributed by atoms with van der Waals surface area (Å²) in [7, 11) is 2.23. The highest BCUT2D eigenvalue weighted by Crippen LogP contribution is 2.20. The van der Waals surface area contributed by atoms with Crippen molar-refractivity contribution in [2.45, 2.75) is 38.3 Å². The van der Waals surface area contributed by atoms with Gasteiger partial charge >= 0.3 is 0 Å². The zero-order chi connectivity index (χ0) is 11.4. The maximum absolute atomic E-state index is 3.77. The molecular formula is C13H22N2S. The molecule has 0 aliphatic carbocycles. The second-order valence-corrected chi connectivity index (χ2v) is 5.81. The topological polar surface area (TPSA) is 15.3 Å². The van der Waals surface area contributed by atoms with Crippen LogP contribution in [-0.4, -0.2) is 31.1 Å². The Morgan fingerprint density at radius 1 is 1.44 bits per heavy atom. The van der Waals surface area contributed by atoms with Crippen LogP contribution in [0.4, 0.5) is 0 Å². The lowest BCUT2D eigenvalue weighted by atomic mass is 10.1. The van der Waals surface area contributed by atoms with Crippen LogP contribution in [0.1, 0.15) is 37.1 Å². The van der Waals surface area contributed by atoms with Crippen LogP contribution < -0.4 is 5.32 Å². The van der Waals surface area contributed by atoms with Crippen LogP contribution in [0.2, 0.25) is 0 Å². The van der Waals surface area contributed by atoms with E-state index in [9.17, 15) is 0 Å². The van der Waals surface area contributed by atoms with Gasteiger partial charge in [-0.3, -0.25) is 0 Å². The average molecular weight is 238 g/mol. The van der Waals surface area contributed by atoms with Gasteiger partial charge in [0.1, 0.15) is 0 Å². The lowest BCUT2D eigenvalue weighted by Crippen LogP contribution is -2.32. The minimum absolute atomic E-state index is 0.508. The molecule has 1 N–H and O–H groups in total. The number of hydrogen-bond acceptors (Lipinski definition) is 3. The first kappa shape index (κ1) is 12.1. The molecule has 0 amide bonds. The summed E-state index contributed by atoms with van der Waals surface area (Å²) in [6.07, 6.45) is 3.93. The number of thiophene rings is 1. The Balaban J connectivity index is 1.84. The standard InChI is InChI=1S/C13H22N2S/c1-11(13-6-4-10-16-13)14-12-5-3-8-15(2)9-7-12/h4,6,10-12,14H,3,5,7-9H2,1-2H3/t11-,12?/m1/s1. The zero-order valence-corrected chi connectivity index (χ0v) is 11.1. The second kappa shape index (κ2) is 5.80. The summed E-state index contributed by atoms with van der Waals surface area (Å²) in [6.45, 7) is 4.76. The number of nitrogens with one attached hydrogen (secondary N) is 1. The Labute approximate surface area is 103 Å². The molecule has 0 radical (unpaired) electrons. The van der Waals surface area contributed by atoms with Crippen molar-refractivity contribution in [1.82, 2.24) is 10.2 Å². The van der Waals surface area contributed by atoms with Crippen molar-refractivity contribution >= 4 is 11.3 Å². The van der Waals surface area contributed by atoms with Crippen LogP contribution in [0.15, 0.2) is 17.5 Å². The largest absolute Gasteiger partial charge is 0.307 e. The quantitative estimate of drug-likeness (QED) is 0.871. The van der Waals surface area contributed by atoms with Crippen molar-refractivity contribution in [2.75, 3.05) is 20.1 Å². The minimum Gasteiger partial charge on any atom is -0.307 e. The van der Waals surface area contributed by atoms with Gasteiger partial charge in [-0.1, -0.05) is 6.07 Å². The van der Waals surface area contributed by atoms with Crippen LogP contribution in [0, 0.1) is 0 Å². The summed E-state index contributed by atoms with van der Waals surface area (Å²) < 4.78 is 0. The Morgan fingerprint density at radius 3 is 3.06 bits per heavy atom. The number of nitrogens with zero attached hydrogens (tertiary/aromatic N) is 1. The van der Waals surface area contributed by atoms with E-state index in [0.717, 1.165) is 0 Å². The van der Waals surface area contributed by atoms with E-state index in [4.69, 9.17) is 0 Å². The van der Waals surface area contributed by atoms with E-state index in [1.165, 1.54) is 37.2 Å². The molecule has 2 nitrogen and oxygen atoms in total. The first-order valence-corrected chi connectivity index (χ1v) is 7.11. The predicted octanol–water partition coefficient (Wildman–Crippen LogP) is 2.88. The molecule has 1 unspecified atom stereocenters. The highest BCUT2D eigenvalue weighted by molar-refractivity contribution is 7.10. The summed E-state index contributed by atoms with van der Waals surface area (Å²) in [5.41, 5.74) is 0. The SMILES string of the molecule is C[C@@H](NC1CCCN(C)CC1)c1cccs1. The average Bonchev–Trinajstić information content (AvgIpc) is 2.72. The van der Waals surface area contributed by atoms with Gasteiger partial charge in [-0.15, -0.1) is 11.3 Å². The molecule has 0 bridgehead atoms. The van der Waals surface area contributed by atoms with Gasteiger partial charge in [-0.25, -0.2) is 0 Å². The molecule has 0 aromatic carbocycles. The summed E-state index contributed by atoms with van der Waals surface area (Å²) in [4.78, 5) is 3.90. The normalized spacial score (nSPS) is 25.2. The molecule has 2 heterocycles. The Morgan fingerprint density at radius 2 is 2.31 bits per heavy atom. The van der Waals surface area contributed by atoms with Crippen LogP contribution >= 0.6 is 11.3 Å². The molecule has 2 atom stereocenters. The highest BCUT2D eigenvalue weighted by atomic mass is 32.1. The van der Waals surface area contributed by atoms with Crippen LogP contribution in [0.5, 0.6) is 0 Å². The minimum atomic E-state index is 0.508. The van der Waals surface area contributed by atoms with Gasteiger partial charge in [0.15, 0.2) is 0 Å². The Bertz CT molecular complexity index is 297. The number of likely N-dealkylation sites (tertiary alicyclic amines) is 1. The molecule has 1 aliphatic rings. The van der Waals surface area contributed by atoms with Gasteiger partial charge in [0, 0.05) is 17.0 Å². The first-order chi connectivity index (χ1) is 7.75. The molecule has 3 heteroatoms. The van der Waals surface area contributed by atoms with Gasteiger partial charge in [0.2, 0.25) is 0 Å². The molecule has 0 spiro atoms. The zero-order valence-electron chi connectivity index (χ0n) is 10.3. The van der Waals surface area contributed by atoms with E-state index < -0.39 is 0 Å². The second-order valence-electron chi connectivity index (χ2n) is 4.83. The fraction of sp³-hybridized carbons (Fsp3) is 0.692. The van der Waals surface area contributed by atoms with Crippen molar-refractivity contribution in [1.29, 1.82) is 0 Å². The van der Waals surface area contributed by atoms with Gasteiger partial charge in [-0.2, -0.15) is 0 Å². The summed E-state index contributed by atoms with van der Waals surface area (Å²) in [5.74, 6) is 0. The van der Waals surface area contributed by atoms with Crippen molar-refractivity contribution in [3.8, 4) is 0 Å². The van der Waals surface area contributed by atoms with Gasteiger partial charge in [0.05, 0.1) is 0 Å². The summed E-state index contributed by atoms with van der Waals surface area (Å²) in [5, 5.41) is 5.93. The van der Waals surface area contributed by atoms with Crippen molar-refractivity contribution in [3.05, 3.63) is 22.4 Å². The molecule has 1 aromatic heterocycles.